The number of likely N-dealkylation sites (tertiary alicyclic amines) is 1. The molecule has 34 heavy (non-hydrogen) atoms. The molecule has 1 aromatic heterocycles. The van der Waals surface area contributed by atoms with Gasteiger partial charge in [0.25, 0.3) is 0 Å². The van der Waals surface area contributed by atoms with E-state index in [9.17, 15) is 0 Å². The minimum absolute atomic E-state index is 0.407. The first-order chi connectivity index (χ1) is 16.7. The molecule has 176 valence electrons. The fourth-order valence-electron chi connectivity index (χ4n) is 4.67. The van der Waals surface area contributed by atoms with Gasteiger partial charge in [-0.15, -0.1) is 11.6 Å². The molecular weight excluding hydrogens is 446 g/mol. The van der Waals surface area contributed by atoms with Crippen LogP contribution in [0.3, 0.4) is 0 Å². The zero-order valence-corrected chi connectivity index (χ0v) is 20.3. The minimum Gasteiger partial charge on any atom is -0.497 e. The van der Waals surface area contributed by atoms with E-state index in [0.717, 1.165) is 51.5 Å². The number of halogens is 1. The van der Waals surface area contributed by atoms with Gasteiger partial charge in [-0.1, -0.05) is 48.9 Å². The first-order valence-electron chi connectivity index (χ1n) is 12.0. The monoisotopic (exact) mass is 475 g/mol. The maximum atomic E-state index is 6.95. The predicted octanol–water partition coefficient (Wildman–Crippen LogP) is 7.30. The van der Waals surface area contributed by atoms with Crippen molar-refractivity contribution in [2.75, 3.05) is 33.4 Å². The predicted molar refractivity (Wildman–Crippen MR) is 138 cm³/mol. The van der Waals surface area contributed by atoms with Gasteiger partial charge in [0, 0.05) is 23.6 Å². The van der Waals surface area contributed by atoms with Crippen molar-refractivity contribution < 1.29 is 13.9 Å². The van der Waals surface area contributed by atoms with Crippen LogP contribution in [0, 0.1) is 0 Å². The Hall–Kier alpha value is -2.95. The second-order valence-electron chi connectivity index (χ2n) is 8.75. The molecule has 4 nitrogen and oxygen atoms in total. The van der Waals surface area contributed by atoms with Crippen LogP contribution in [0.25, 0.3) is 22.1 Å². The molecule has 5 rings (SSSR count). The molecular formula is C29H30ClNO3. The number of hydrogen-bond acceptors (Lipinski definition) is 4. The third-order valence-electron chi connectivity index (χ3n) is 6.51. The number of ether oxygens (including phenoxy) is 2. The number of nitrogens with zero attached hydrogens (tertiary/aromatic N) is 1. The van der Waals surface area contributed by atoms with Crippen LogP contribution in [0.4, 0.5) is 0 Å². The van der Waals surface area contributed by atoms with Crippen molar-refractivity contribution in [3.05, 3.63) is 84.1 Å². The number of fused-ring (bicyclic) bond motifs is 1. The van der Waals surface area contributed by atoms with E-state index in [4.69, 9.17) is 25.5 Å². The molecule has 1 atom stereocenters. The molecule has 2 heterocycles. The molecule has 1 fully saturated rings. The summed E-state index contributed by atoms with van der Waals surface area (Å²) < 4.78 is 17.8. The second kappa shape index (κ2) is 10.5. The second-order valence-corrected chi connectivity index (χ2v) is 9.19. The Morgan fingerprint density at radius 2 is 1.65 bits per heavy atom. The summed E-state index contributed by atoms with van der Waals surface area (Å²) in [6.07, 6.45) is 3.95. The Labute approximate surface area is 206 Å². The zero-order valence-electron chi connectivity index (χ0n) is 19.5. The van der Waals surface area contributed by atoms with E-state index in [1.807, 2.05) is 60.7 Å². The van der Waals surface area contributed by atoms with Crippen LogP contribution in [0.5, 0.6) is 11.5 Å². The van der Waals surface area contributed by atoms with Crippen LogP contribution in [0.2, 0.25) is 0 Å². The van der Waals surface area contributed by atoms with E-state index < -0.39 is 5.38 Å². The van der Waals surface area contributed by atoms with Crippen molar-refractivity contribution in [3.63, 3.8) is 0 Å². The summed E-state index contributed by atoms with van der Waals surface area (Å²) in [6, 6.07) is 24.2. The average molecular weight is 476 g/mol. The SMILES string of the molecule is COc1ccc2c(-c3ccc(OCCN4CCCCC4)cc3)c(C(Cl)c3ccccc3)oc2c1. The average Bonchev–Trinajstić information content (AvgIpc) is 3.28. The third kappa shape index (κ3) is 4.94. The first kappa shape index (κ1) is 22.8. The maximum Gasteiger partial charge on any atom is 0.138 e. The summed E-state index contributed by atoms with van der Waals surface area (Å²) in [7, 11) is 1.66. The van der Waals surface area contributed by atoms with E-state index in [1.54, 1.807) is 7.11 Å². The Kier molecular flexibility index (Phi) is 7.08. The summed E-state index contributed by atoms with van der Waals surface area (Å²) in [5.41, 5.74) is 3.80. The van der Waals surface area contributed by atoms with Crippen LogP contribution < -0.4 is 9.47 Å². The molecule has 1 aliphatic rings. The maximum absolute atomic E-state index is 6.95. The Balaban J connectivity index is 1.42. The minimum atomic E-state index is -0.407. The normalized spacial score (nSPS) is 15.4. The van der Waals surface area contributed by atoms with Gasteiger partial charge in [0.2, 0.25) is 0 Å². The van der Waals surface area contributed by atoms with E-state index in [-0.39, 0.29) is 0 Å². The number of furan rings is 1. The van der Waals surface area contributed by atoms with Gasteiger partial charge in [0.05, 0.1) is 7.11 Å². The Bertz CT molecular complexity index is 1210. The fourth-order valence-corrected chi connectivity index (χ4v) is 4.96. The van der Waals surface area contributed by atoms with Gasteiger partial charge in [-0.05, 0) is 61.3 Å². The molecule has 4 aromatic rings. The standard InChI is InChI=1S/C29H30ClNO3/c1-32-24-14-15-25-26(20-24)34-29(28(30)22-8-4-2-5-9-22)27(25)21-10-12-23(13-11-21)33-19-18-31-16-6-3-7-17-31/h2,4-5,8-15,20,28H,3,6-7,16-19H2,1H3. The topological polar surface area (TPSA) is 34.8 Å². The molecule has 0 bridgehead atoms. The zero-order chi connectivity index (χ0) is 23.3. The number of hydrogen-bond donors (Lipinski definition) is 0. The molecule has 1 saturated heterocycles. The van der Waals surface area contributed by atoms with Crippen molar-refractivity contribution in [2.45, 2.75) is 24.6 Å². The molecule has 0 radical (unpaired) electrons. The highest BCUT2D eigenvalue weighted by Crippen LogP contribution is 2.43. The van der Waals surface area contributed by atoms with Crippen molar-refractivity contribution in [3.8, 4) is 22.6 Å². The summed E-state index contributed by atoms with van der Waals surface area (Å²) in [5, 5.41) is 0.603. The van der Waals surface area contributed by atoms with Gasteiger partial charge in [-0.3, -0.25) is 4.90 Å². The molecule has 5 heteroatoms. The van der Waals surface area contributed by atoms with E-state index in [0.29, 0.717) is 6.61 Å². The quantitative estimate of drug-likeness (QED) is 0.250. The lowest BCUT2D eigenvalue weighted by Gasteiger charge is -2.26. The summed E-state index contributed by atoms with van der Waals surface area (Å²) in [4.78, 5) is 2.49. The van der Waals surface area contributed by atoms with E-state index >= 15 is 0 Å². The van der Waals surface area contributed by atoms with Crippen LogP contribution in [-0.2, 0) is 0 Å². The van der Waals surface area contributed by atoms with Crippen molar-refractivity contribution in [1.29, 1.82) is 0 Å². The number of benzene rings is 3. The highest BCUT2D eigenvalue weighted by atomic mass is 35.5. The molecule has 1 unspecified atom stereocenters. The summed E-state index contributed by atoms with van der Waals surface area (Å²) in [6.45, 7) is 4.05. The largest absolute Gasteiger partial charge is 0.497 e. The molecule has 0 spiro atoms. The number of piperidine rings is 1. The third-order valence-corrected chi connectivity index (χ3v) is 6.96. The van der Waals surface area contributed by atoms with Gasteiger partial charge in [-0.2, -0.15) is 0 Å². The molecule has 0 aliphatic carbocycles. The number of methoxy groups -OCH3 is 1. The number of rotatable bonds is 8. The van der Waals surface area contributed by atoms with Gasteiger partial charge in [0.1, 0.15) is 34.8 Å². The fraction of sp³-hybridized carbons (Fsp3) is 0.310. The summed E-state index contributed by atoms with van der Waals surface area (Å²) >= 11 is 6.95. The van der Waals surface area contributed by atoms with Crippen LogP contribution in [0.1, 0.15) is 36.0 Å². The smallest absolute Gasteiger partial charge is 0.138 e. The molecule has 0 saturated carbocycles. The first-order valence-corrected chi connectivity index (χ1v) is 12.4. The van der Waals surface area contributed by atoms with Crippen LogP contribution >= 0.6 is 11.6 Å². The van der Waals surface area contributed by atoms with Gasteiger partial charge < -0.3 is 13.9 Å². The highest BCUT2D eigenvalue weighted by molar-refractivity contribution is 6.23. The van der Waals surface area contributed by atoms with E-state index in [1.165, 1.54) is 32.4 Å². The van der Waals surface area contributed by atoms with Crippen LogP contribution in [0.15, 0.2) is 77.2 Å². The Morgan fingerprint density at radius 3 is 2.38 bits per heavy atom. The Morgan fingerprint density at radius 1 is 0.912 bits per heavy atom. The summed E-state index contributed by atoms with van der Waals surface area (Å²) in [5.74, 6) is 2.36. The van der Waals surface area contributed by atoms with Crippen molar-refractivity contribution in [2.24, 2.45) is 0 Å². The van der Waals surface area contributed by atoms with Gasteiger partial charge in [-0.25, -0.2) is 0 Å². The van der Waals surface area contributed by atoms with Gasteiger partial charge in [0.15, 0.2) is 0 Å². The molecule has 3 aromatic carbocycles. The van der Waals surface area contributed by atoms with Crippen LogP contribution in [-0.4, -0.2) is 38.3 Å². The molecule has 0 amide bonds. The lowest BCUT2D eigenvalue weighted by atomic mass is 9.98. The van der Waals surface area contributed by atoms with Gasteiger partial charge >= 0.3 is 0 Å². The highest BCUT2D eigenvalue weighted by Gasteiger charge is 2.24. The molecule has 0 N–H and O–H groups in total. The van der Waals surface area contributed by atoms with Crippen molar-refractivity contribution in [1.82, 2.24) is 4.90 Å². The lowest BCUT2D eigenvalue weighted by Crippen LogP contribution is -2.33. The number of alkyl halides is 1. The lowest BCUT2D eigenvalue weighted by molar-refractivity contribution is 0.183. The van der Waals surface area contributed by atoms with E-state index in [2.05, 4.69) is 17.0 Å². The van der Waals surface area contributed by atoms with Crippen molar-refractivity contribution >= 4 is 22.6 Å². The molecule has 1 aliphatic heterocycles.